The van der Waals surface area contributed by atoms with Gasteiger partial charge in [0.25, 0.3) is 5.91 Å². The smallest absolute Gasteiger partial charge is 0.254 e. The molecule has 0 saturated carbocycles. The van der Waals surface area contributed by atoms with Crippen molar-refractivity contribution in [3.63, 3.8) is 0 Å². The monoisotopic (exact) mass is 251 g/mol. The summed E-state index contributed by atoms with van der Waals surface area (Å²) < 4.78 is 5.02. The van der Waals surface area contributed by atoms with Crippen LogP contribution < -0.4 is 0 Å². The van der Waals surface area contributed by atoms with Gasteiger partial charge < -0.3 is 14.7 Å². The van der Waals surface area contributed by atoms with Gasteiger partial charge in [-0.3, -0.25) is 4.79 Å². The molecule has 1 aromatic carbocycles. The van der Waals surface area contributed by atoms with Gasteiger partial charge in [0.15, 0.2) is 0 Å². The lowest BCUT2D eigenvalue weighted by Crippen LogP contribution is -2.38. The van der Waals surface area contributed by atoms with Gasteiger partial charge in [0.1, 0.15) is 0 Å². The van der Waals surface area contributed by atoms with Gasteiger partial charge in [-0.25, -0.2) is 0 Å². The van der Waals surface area contributed by atoms with Crippen LogP contribution in [-0.2, 0) is 11.3 Å². The third kappa shape index (κ3) is 3.82. The third-order valence-corrected chi connectivity index (χ3v) is 2.74. The van der Waals surface area contributed by atoms with Crippen LogP contribution in [0.25, 0.3) is 0 Å². The summed E-state index contributed by atoms with van der Waals surface area (Å²) in [6.07, 6.45) is 0. The molecule has 0 aromatic heterocycles. The number of nitrogens with zero attached hydrogens (tertiary/aromatic N) is 1. The standard InChI is InChI=1S/C14H21NO3/c1-11(2)15(8-9-16)14(17)13-6-4-12(5-7-13)10-18-3/h4-7,11,16H,8-10H2,1-3H3. The summed E-state index contributed by atoms with van der Waals surface area (Å²) in [6, 6.07) is 7.43. The summed E-state index contributed by atoms with van der Waals surface area (Å²) in [5.74, 6) is -0.0528. The Morgan fingerprint density at radius 2 is 1.94 bits per heavy atom. The maximum Gasteiger partial charge on any atom is 0.254 e. The number of amides is 1. The molecule has 0 unspecified atom stereocenters. The van der Waals surface area contributed by atoms with E-state index in [1.807, 2.05) is 26.0 Å². The maximum absolute atomic E-state index is 12.2. The van der Waals surface area contributed by atoms with Gasteiger partial charge >= 0.3 is 0 Å². The van der Waals surface area contributed by atoms with Crippen molar-refractivity contribution in [1.82, 2.24) is 4.90 Å². The fourth-order valence-corrected chi connectivity index (χ4v) is 1.78. The fraction of sp³-hybridized carbons (Fsp3) is 0.500. The largest absolute Gasteiger partial charge is 0.395 e. The molecule has 1 N–H and O–H groups in total. The summed E-state index contributed by atoms with van der Waals surface area (Å²) in [4.78, 5) is 13.9. The first-order valence-electron chi connectivity index (χ1n) is 6.09. The Morgan fingerprint density at radius 3 is 2.39 bits per heavy atom. The topological polar surface area (TPSA) is 49.8 Å². The Bertz CT molecular complexity index is 373. The predicted molar refractivity (Wildman–Crippen MR) is 70.4 cm³/mol. The minimum absolute atomic E-state index is 0.0221. The van der Waals surface area contributed by atoms with Crippen LogP contribution in [0.4, 0.5) is 0 Å². The van der Waals surface area contributed by atoms with Gasteiger partial charge in [0.05, 0.1) is 13.2 Å². The highest BCUT2D eigenvalue weighted by atomic mass is 16.5. The van der Waals surface area contributed by atoms with Crippen LogP contribution in [0.1, 0.15) is 29.8 Å². The lowest BCUT2D eigenvalue weighted by Gasteiger charge is -2.26. The first-order valence-corrected chi connectivity index (χ1v) is 6.09. The van der Waals surface area contributed by atoms with E-state index in [-0.39, 0.29) is 18.6 Å². The number of carbonyl (C=O) groups is 1. The third-order valence-electron chi connectivity index (χ3n) is 2.74. The van der Waals surface area contributed by atoms with Crippen LogP contribution >= 0.6 is 0 Å². The Hall–Kier alpha value is -1.39. The summed E-state index contributed by atoms with van der Waals surface area (Å²) in [6.45, 7) is 4.75. The van der Waals surface area contributed by atoms with Crippen molar-refractivity contribution >= 4 is 5.91 Å². The molecule has 4 heteroatoms. The summed E-state index contributed by atoms with van der Waals surface area (Å²) in [7, 11) is 1.64. The van der Waals surface area contributed by atoms with E-state index in [4.69, 9.17) is 9.84 Å². The van der Waals surface area contributed by atoms with E-state index < -0.39 is 0 Å². The van der Waals surface area contributed by atoms with E-state index in [9.17, 15) is 4.79 Å². The minimum Gasteiger partial charge on any atom is -0.395 e. The lowest BCUT2D eigenvalue weighted by molar-refractivity contribution is 0.0665. The molecular formula is C14H21NO3. The summed E-state index contributed by atoms with van der Waals surface area (Å²) in [5.41, 5.74) is 1.67. The van der Waals surface area contributed by atoms with E-state index in [2.05, 4.69) is 0 Å². The Kier molecular flexibility index (Phi) is 5.82. The molecule has 0 aliphatic rings. The minimum atomic E-state index is -0.0528. The molecule has 0 bridgehead atoms. The molecule has 100 valence electrons. The molecular weight excluding hydrogens is 230 g/mol. The van der Waals surface area contributed by atoms with Gasteiger partial charge in [-0.2, -0.15) is 0 Å². The summed E-state index contributed by atoms with van der Waals surface area (Å²) >= 11 is 0. The average molecular weight is 251 g/mol. The van der Waals surface area contributed by atoms with Crippen molar-refractivity contribution in [3.8, 4) is 0 Å². The molecule has 1 amide bonds. The van der Waals surface area contributed by atoms with Crippen LogP contribution in [0.3, 0.4) is 0 Å². The molecule has 0 radical (unpaired) electrons. The normalized spacial score (nSPS) is 10.7. The van der Waals surface area contributed by atoms with E-state index in [1.54, 1.807) is 24.1 Å². The predicted octanol–water partition coefficient (Wildman–Crippen LogP) is 1.68. The first-order chi connectivity index (χ1) is 8.60. The molecule has 0 aliphatic carbocycles. The number of aliphatic hydroxyl groups is 1. The Morgan fingerprint density at radius 1 is 1.33 bits per heavy atom. The van der Waals surface area contributed by atoms with Crippen LogP contribution in [0, 0.1) is 0 Å². The number of ether oxygens (including phenoxy) is 1. The van der Waals surface area contributed by atoms with Gasteiger partial charge in [0.2, 0.25) is 0 Å². The lowest BCUT2D eigenvalue weighted by atomic mass is 10.1. The van der Waals surface area contributed by atoms with Crippen LogP contribution in [-0.4, -0.2) is 42.2 Å². The molecule has 1 rings (SSSR count). The second kappa shape index (κ2) is 7.13. The van der Waals surface area contributed by atoms with Crippen LogP contribution in [0.15, 0.2) is 24.3 Å². The Balaban J connectivity index is 2.81. The molecule has 1 aromatic rings. The highest BCUT2D eigenvalue weighted by molar-refractivity contribution is 5.94. The number of rotatable bonds is 6. The fourth-order valence-electron chi connectivity index (χ4n) is 1.78. The van der Waals surface area contributed by atoms with Crippen LogP contribution in [0.2, 0.25) is 0 Å². The van der Waals surface area contributed by atoms with Crippen molar-refractivity contribution in [2.45, 2.75) is 26.5 Å². The second-order valence-corrected chi connectivity index (χ2v) is 4.45. The molecule has 0 saturated heterocycles. The van der Waals surface area contributed by atoms with E-state index >= 15 is 0 Å². The molecule has 18 heavy (non-hydrogen) atoms. The quantitative estimate of drug-likeness (QED) is 0.836. The zero-order valence-corrected chi connectivity index (χ0v) is 11.2. The SMILES string of the molecule is COCc1ccc(C(=O)N(CCO)C(C)C)cc1. The highest BCUT2D eigenvalue weighted by Gasteiger charge is 2.17. The molecule has 0 fully saturated rings. The van der Waals surface area contributed by atoms with Gasteiger partial charge in [0, 0.05) is 25.3 Å². The average Bonchev–Trinajstić information content (AvgIpc) is 2.36. The number of methoxy groups -OCH3 is 1. The maximum atomic E-state index is 12.2. The Labute approximate surface area is 108 Å². The van der Waals surface area contributed by atoms with Crippen molar-refractivity contribution in [2.75, 3.05) is 20.3 Å². The van der Waals surface area contributed by atoms with E-state index in [0.717, 1.165) is 5.56 Å². The van der Waals surface area contributed by atoms with Crippen molar-refractivity contribution in [3.05, 3.63) is 35.4 Å². The van der Waals surface area contributed by atoms with Gasteiger partial charge in [-0.1, -0.05) is 12.1 Å². The molecule has 0 atom stereocenters. The number of hydrogen-bond acceptors (Lipinski definition) is 3. The summed E-state index contributed by atoms with van der Waals surface area (Å²) in [5, 5.41) is 8.99. The van der Waals surface area contributed by atoms with Crippen molar-refractivity contribution in [2.24, 2.45) is 0 Å². The molecule has 0 spiro atoms. The molecule has 0 aliphatic heterocycles. The highest BCUT2D eigenvalue weighted by Crippen LogP contribution is 2.10. The zero-order chi connectivity index (χ0) is 13.5. The van der Waals surface area contributed by atoms with Crippen LogP contribution in [0.5, 0.6) is 0 Å². The molecule has 4 nitrogen and oxygen atoms in total. The first kappa shape index (κ1) is 14.7. The molecule has 0 heterocycles. The van der Waals surface area contributed by atoms with Gasteiger partial charge in [-0.05, 0) is 31.5 Å². The van der Waals surface area contributed by atoms with Gasteiger partial charge in [-0.15, -0.1) is 0 Å². The van der Waals surface area contributed by atoms with E-state index in [0.29, 0.717) is 18.7 Å². The van der Waals surface area contributed by atoms with Crippen molar-refractivity contribution < 1.29 is 14.6 Å². The number of benzene rings is 1. The number of carbonyl (C=O) groups excluding carboxylic acids is 1. The number of aliphatic hydroxyl groups excluding tert-OH is 1. The van der Waals surface area contributed by atoms with Crippen molar-refractivity contribution in [1.29, 1.82) is 0 Å². The number of hydrogen-bond donors (Lipinski definition) is 1. The van der Waals surface area contributed by atoms with E-state index in [1.165, 1.54) is 0 Å². The second-order valence-electron chi connectivity index (χ2n) is 4.45. The zero-order valence-electron chi connectivity index (χ0n) is 11.2.